The minimum atomic E-state index is -4.39. The lowest BCUT2D eigenvalue weighted by Crippen LogP contribution is -2.20. The van der Waals surface area contributed by atoms with Gasteiger partial charge in [-0.15, -0.1) is 0 Å². The lowest BCUT2D eigenvalue weighted by atomic mass is 10.1. The van der Waals surface area contributed by atoms with Gasteiger partial charge in [0.25, 0.3) is 10.1 Å². The lowest BCUT2D eigenvalue weighted by molar-refractivity contribution is 0.334. The number of nitrogens with zero attached hydrogens (tertiary/aromatic N) is 1. The second-order valence-corrected chi connectivity index (χ2v) is 8.46. The van der Waals surface area contributed by atoms with Gasteiger partial charge in [0.2, 0.25) is 11.1 Å². The number of nitrogens with two attached hydrogens (primary N) is 1. The lowest BCUT2D eigenvalue weighted by Gasteiger charge is -2.20. The number of hydroxylamine groups is 1. The Balaban J connectivity index is 2.02. The molecule has 0 aliphatic carbocycles. The highest BCUT2D eigenvalue weighted by Gasteiger charge is 2.19. The summed E-state index contributed by atoms with van der Waals surface area (Å²) >= 11 is -1.79. The highest BCUT2D eigenvalue weighted by Crippen LogP contribution is 2.32. The highest BCUT2D eigenvalue weighted by molar-refractivity contribution is 7.86. The van der Waals surface area contributed by atoms with Crippen molar-refractivity contribution in [2.75, 3.05) is 17.8 Å². The molecule has 0 bridgehead atoms. The molecule has 1 atom stereocenters. The fourth-order valence-corrected chi connectivity index (χ4v) is 4.11. The number of benzene rings is 3. The molecule has 0 aliphatic rings. The van der Waals surface area contributed by atoms with Crippen LogP contribution in [0.1, 0.15) is 5.56 Å². The van der Waals surface area contributed by atoms with E-state index in [0.29, 0.717) is 27.0 Å². The van der Waals surface area contributed by atoms with E-state index in [1.165, 1.54) is 17.2 Å². The maximum absolute atomic E-state index is 12.4. The molecule has 0 spiro atoms. The molecule has 0 saturated carbocycles. The first-order chi connectivity index (χ1) is 12.7. The van der Waals surface area contributed by atoms with E-state index >= 15 is 0 Å². The summed E-state index contributed by atoms with van der Waals surface area (Å²) in [6, 6.07) is 14.3. The molecule has 1 unspecified atom stereocenters. The van der Waals surface area contributed by atoms with E-state index in [2.05, 4.69) is 0 Å². The average Bonchev–Trinajstić information content (AvgIpc) is 2.60. The van der Waals surface area contributed by atoms with Crippen molar-refractivity contribution in [3.63, 3.8) is 0 Å². The van der Waals surface area contributed by atoms with Gasteiger partial charge in [-0.05, 0) is 49.4 Å². The van der Waals surface area contributed by atoms with Gasteiger partial charge in [0.05, 0.1) is 10.6 Å². The first-order valence-electron chi connectivity index (χ1n) is 7.87. The Morgan fingerprint density at radius 2 is 1.70 bits per heavy atom. The van der Waals surface area contributed by atoms with Crippen LogP contribution in [-0.2, 0) is 25.5 Å². The van der Waals surface area contributed by atoms with Crippen molar-refractivity contribution in [3.05, 3.63) is 60.2 Å². The SMILES string of the molecule is Cc1ccc2c(S(=O)(=O)O)ccc(N(C)OS(=O)c3ccc(N)cc3)c2c1. The van der Waals surface area contributed by atoms with Gasteiger partial charge in [0.1, 0.15) is 4.90 Å². The molecule has 0 saturated heterocycles. The Hall–Kier alpha value is -2.46. The molecule has 142 valence electrons. The van der Waals surface area contributed by atoms with Crippen molar-refractivity contribution >= 4 is 43.3 Å². The second kappa shape index (κ2) is 7.28. The summed E-state index contributed by atoms with van der Waals surface area (Å²) in [4.78, 5) is 0.236. The third kappa shape index (κ3) is 4.11. The zero-order valence-electron chi connectivity index (χ0n) is 14.6. The summed E-state index contributed by atoms with van der Waals surface area (Å²) < 4.78 is 50.7. The first kappa shape index (κ1) is 19.3. The van der Waals surface area contributed by atoms with Gasteiger partial charge in [0.15, 0.2) is 0 Å². The predicted molar refractivity (Wildman–Crippen MR) is 105 cm³/mol. The van der Waals surface area contributed by atoms with E-state index < -0.39 is 21.2 Å². The third-order valence-corrected chi connectivity index (χ3v) is 5.91. The van der Waals surface area contributed by atoms with E-state index in [1.54, 1.807) is 49.5 Å². The fraction of sp³-hybridized carbons (Fsp3) is 0.111. The minimum absolute atomic E-state index is 0.200. The summed E-state index contributed by atoms with van der Waals surface area (Å²) in [5.41, 5.74) is 7.57. The quantitative estimate of drug-likeness (QED) is 0.381. The molecule has 0 aliphatic heterocycles. The van der Waals surface area contributed by atoms with Gasteiger partial charge in [-0.25, -0.2) is 9.27 Å². The molecular formula is C18H18N2O5S2. The van der Waals surface area contributed by atoms with Crippen LogP contribution in [0.15, 0.2) is 64.4 Å². The Bertz CT molecular complexity index is 1130. The van der Waals surface area contributed by atoms with Crippen LogP contribution in [0, 0.1) is 6.92 Å². The summed E-state index contributed by atoms with van der Waals surface area (Å²) in [5.74, 6) is 0. The third-order valence-electron chi connectivity index (χ3n) is 3.98. The number of hydrogen-bond acceptors (Lipinski definition) is 6. The van der Waals surface area contributed by atoms with Crippen LogP contribution in [0.4, 0.5) is 11.4 Å². The standard InChI is InChI=1S/C18H18N2O5S2/c1-12-3-8-15-16(11-12)17(9-10-18(15)27(22,23)24)20(2)25-26(21)14-6-4-13(19)5-7-14/h3-11H,19H2,1-2H3,(H,22,23,24). The Morgan fingerprint density at radius 1 is 1.04 bits per heavy atom. The van der Waals surface area contributed by atoms with Gasteiger partial charge in [0, 0.05) is 23.5 Å². The van der Waals surface area contributed by atoms with Gasteiger partial charge in [-0.2, -0.15) is 12.7 Å². The van der Waals surface area contributed by atoms with Crippen molar-refractivity contribution < 1.29 is 21.5 Å². The molecule has 0 fully saturated rings. The Kier molecular flexibility index (Phi) is 5.20. The smallest absolute Gasteiger partial charge is 0.295 e. The molecule has 0 amide bonds. The number of aryl methyl sites for hydroxylation is 1. The number of fused-ring (bicyclic) bond motifs is 1. The molecule has 9 heteroatoms. The number of nitrogen functional groups attached to an aromatic ring is 1. The van der Waals surface area contributed by atoms with Crippen LogP contribution in [-0.4, -0.2) is 24.2 Å². The van der Waals surface area contributed by atoms with Crippen LogP contribution in [0.5, 0.6) is 0 Å². The molecule has 0 radical (unpaired) electrons. The summed E-state index contributed by atoms with van der Waals surface area (Å²) in [5, 5.41) is 2.19. The largest absolute Gasteiger partial charge is 0.399 e. The maximum Gasteiger partial charge on any atom is 0.295 e. The van der Waals surface area contributed by atoms with Crippen LogP contribution in [0.3, 0.4) is 0 Å². The zero-order valence-corrected chi connectivity index (χ0v) is 16.3. The molecule has 3 rings (SSSR count). The molecule has 3 N–H and O–H groups in total. The summed E-state index contributed by atoms with van der Waals surface area (Å²) in [6.07, 6.45) is 0. The van der Waals surface area contributed by atoms with Crippen LogP contribution < -0.4 is 10.8 Å². The first-order valence-corrected chi connectivity index (χ1v) is 10.4. The van der Waals surface area contributed by atoms with Crippen LogP contribution in [0.25, 0.3) is 10.8 Å². The second-order valence-electron chi connectivity index (χ2n) is 5.98. The Morgan fingerprint density at radius 3 is 2.33 bits per heavy atom. The molecule has 3 aromatic carbocycles. The van der Waals surface area contributed by atoms with Crippen molar-refractivity contribution in [1.82, 2.24) is 0 Å². The average molecular weight is 406 g/mol. The van der Waals surface area contributed by atoms with Crippen molar-refractivity contribution in [2.45, 2.75) is 16.7 Å². The van der Waals surface area contributed by atoms with Crippen LogP contribution in [0.2, 0.25) is 0 Å². The van der Waals surface area contributed by atoms with E-state index in [9.17, 15) is 17.2 Å². The zero-order chi connectivity index (χ0) is 19.8. The van der Waals surface area contributed by atoms with Gasteiger partial charge in [-0.1, -0.05) is 17.7 Å². The van der Waals surface area contributed by atoms with Crippen molar-refractivity contribution in [1.29, 1.82) is 0 Å². The van der Waals surface area contributed by atoms with Gasteiger partial charge < -0.3 is 5.73 Å². The maximum atomic E-state index is 12.4. The molecule has 27 heavy (non-hydrogen) atoms. The molecular weight excluding hydrogens is 388 g/mol. The monoisotopic (exact) mass is 406 g/mol. The highest BCUT2D eigenvalue weighted by atomic mass is 32.2. The summed E-state index contributed by atoms with van der Waals surface area (Å²) in [7, 11) is -2.82. The molecule has 0 aromatic heterocycles. The Labute approximate surface area is 159 Å². The van der Waals surface area contributed by atoms with Crippen LogP contribution >= 0.6 is 0 Å². The van der Waals surface area contributed by atoms with Gasteiger partial charge in [-0.3, -0.25) is 4.55 Å². The molecule has 3 aromatic rings. The van der Waals surface area contributed by atoms with Crippen molar-refractivity contribution in [3.8, 4) is 0 Å². The predicted octanol–water partition coefficient (Wildman–Crippen LogP) is 3.07. The molecule has 0 heterocycles. The number of hydrogen-bond donors (Lipinski definition) is 2. The van der Waals surface area contributed by atoms with Crippen molar-refractivity contribution in [2.24, 2.45) is 0 Å². The number of anilines is 2. The fourth-order valence-electron chi connectivity index (χ4n) is 2.68. The molecule has 7 nitrogen and oxygen atoms in total. The van der Waals surface area contributed by atoms with E-state index in [1.807, 2.05) is 6.92 Å². The topological polar surface area (TPSA) is 110 Å². The van der Waals surface area contributed by atoms with Gasteiger partial charge >= 0.3 is 0 Å². The minimum Gasteiger partial charge on any atom is -0.399 e. The van der Waals surface area contributed by atoms with E-state index in [-0.39, 0.29) is 4.90 Å². The van der Waals surface area contributed by atoms with E-state index in [4.69, 9.17) is 10.0 Å². The normalized spacial score (nSPS) is 12.9. The number of rotatable bonds is 5. The van der Waals surface area contributed by atoms with E-state index in [0.717, 1.165) is 5.56 Å². The summed E-state index contributed by atoms with van der Waals surface area (Å²) in [6.45, 7) is 1.86.